The Morgan fingerprint density at radius 1 is 1.16 bits per heavy atom. The molecule has 1 aromatic carbocycles. The molecule has 1 saturated heterocycles. The lowest BCUT2D eigenvalue weighted by molar-refractivity contribution is -0.145. The zero-order valence-electron chi connectivity index (χ0n) is 15.3. The number of para-hydroxylation sites is 1. The van der Waals surface area contributed by atoms with Gasteiger partial charge in [-0.15, -0.1) is 0 Å². The van der Waals surface area contributed by atoms with E-state index in [9.17, 15) is 9.59 Å². The number of halogens is 1. The number of Topliss-reactive ketones (excluding diaryl/α,β-unsaturated/α-hetero) is 1. The van der Waals surface area contributed by atoms with Gasteiger partial charge in [-0.05, 0) is 36.8 Å². The van der Waals surface area contributed by atoms with E-state index in [2.05, 4.69) is 18.7 Å². The standard InChI is InChI=1S/C20H27ClN2O2/c1-14(24)16-12-15(20(16,2)3)13-19(25)23-10-8-22(9-11-23)18-7-5-4-6-17(18)21/h4-7,15-16H,8-13H2,1-3H3/t15-,16+/m1/s1. The molecule has 25 heavy (non-hydrogen) atoms. The minimum absolute atomic E-state index is 0.0547. The molecule has 3 rings (SSSR count). The van der Waals surface area contributed by atoms with E-state index in [0.717, 1.165) is 43.3 Å². The zero-order chi connectivity index (χ0) is 18.2. The van der Waals surface area contributed by atoms with Crippen LogP contribution in [0.2, 0.25) is 5.02 Å². The molecule has 0 radical (unpaired) electrons. The normalized spacial score (nSPS) is 25.4. The van der Waals surface area contributed by atoms with Crippen molar-refractivity contribution in [2.45, 2.75) is 33.6 Å². The first kappa shape index (κ1) is 18.2. The van der Waals surface area contributed by atoms with Crippen LogP contribution in [0, 0.1) is 17.3 Å². The highest BCUT2D eigenvalue weighted by Crippen LogP contribution is 2.53. The molecule has 0 spiro atoms. The second-order valence-corrected chi connectivity index (χ2v) is 8.35. The van der Waals surface area contributed by atoms with Gasteiger partial charge in [0.05, 0.1) is 10.7 Å². The molecule has 1 heterocycles. The molecule has 4 nitrogen and oxygen atoms in total. The molecule has 0 bridgehead atoms. The maximum absolute atomic E-state index is 12.7. The highest BCUT2D eigenvalue weighted by molar-refractivity contribution is 6.33. The fourth-order valence-electron chi connectivity index (χ4n) is 4.30. The molecule has 0 N–H and O–H groups in total. The summed E-state index contributed by atoms with van der Waals surface area (Å²) in [5.41, 5.74) is 0.988. The molecule has 5 heteroatoms. The monoisotopic (exact) mass is 362 g/mol. The molecule has 0 unspecified atom stereocenters. The number of anilines is 1. The quantitative estimate of drug-likeness (QED) is 0.821. The Bertz CT molecular complexity index is 665. The summed E-state index contributed by atoms with van der Waals surface area (Å²) in [4.78, 5) is 28.5. The predicted molar refractivity (Wildman–Crippen MR) is 101 cm³/mol. The van der Waals surface area contributed by atoms with E-state index in [1.165, 1.54) is 0 Å². The zero-order valence-corrected chi connectivity index (χ0v) is 16.1. The van der Waals surface area contributed by atoms with Crippen LogP contribution in [0.15, 0.2) is 24.3 Å². The van der Waals surface area contributed by atoms with Crippen molar-refractivity contribution < 1.29 is 9.59 Å². The number of ketones is 1. The van der Waals surface area contributed by atoms with Crippen LogP contribution in [0.3, 0.4) is 0 Å². The van der Waals surface area contributed by atoms with Gasteiger partial charge in [0.25, 0.3) is 0 Å². The third kappa shape index (κ3) is 3.55. The average molecular weight is 363 g/mol. The van der Waals surface area contributed by atoms with Gasteiger partial charge in [0.2, 0.25) is 5.91 Å². The highest BCUT2D eigenvalue weighted by atomic mass is 35.5. The van der Waals surface area contributed by atoms with Crippen molar-refractivity contribution in [3.05, 3.63) is 29.3 Å². The first-order valence-corrected chi connectivity index (χ1v) is 9.46. The number of benzene rings is 1. The van der Waals surface area contributed by atoms with Crippen LogP contribution < -0.4 is 4.90 Å². The van der Waals surface area contributed by atoms with Gasteiger partial charge in [-0.2, -0.15) is 0 Å². The fraction of sp³-hybridized carbons (Fsp3) is 0.600. The first-order valence-electron chi connectivity index (χ1n) is 9.08. The lowest BCUT2D eigenvalue weighted by Gasteiger charge is -2.51. The van der Waals surface area contributed by atoms with Gasteiger partial charge in [-0.1, -0.05) is 37.6 Å². The Morgan fingerprint density at radius 3 is 2.36 bits per heavy atom. The maximum Gasteiger partial charge on any atom is 0.222 e. The molecular formula is C20H27ClN2O2. The molecule has 1 aliphatic carbocycles. The molecular weight excluding hydrogens is 336 g/mol. The minimum atomic E-state index is -0.0547. The summed E-state index contributed by atoms with van der Waals surface area (Å²) in [6.07, 6.45) is 1.41. The van der Waals surface area contributed by atoms with Crippen LogP contribution in [-0.2, 0) is 9.59 Å². The van der Waals surface area contributed by atoms with Crippen molar-refractivity contribution in [1.29, 1.82) is 0 Å². The number of carbonyl (C=O) groups is 2. The van der Waals surface area contributed by atoms with Gasteiger partial charge in [-0.3, -0.25) is 9.59 Å². The van der Waals surface area contributed by atoms with Gasteiger partial charge in [0.15, 0.2) is 0 Å². The maximum atomic E-state index is 12.7. The van der Waals surface area contributed by atoms with E-state index in [0.29, 0.717) is 12.3 Å². The first-order chi connectivity index (χ1) is 11.8. The van der Waals surface area contributed by atoms with E-state index in [1.807, 2.05) is 29.2 Å². The summed E-state index contributed by atoms with van der Waals surface area (Å²) in [6.45, 7) is 8.98. The van der Waals surface area contributed by atoms with Gasteiger partial charge in [0.1, 0.15) is 5.78 Å². The molecule has 1 aromatic rings. The van der Waals surface area contributed by atoms with E-state index in [4.69, 9.17) is 11.6 Å². The van der Waals surface area contributed by atoms with Crippen LogP contribution >= 0.6 is 11.6 Å². The molecule has 2 aliphatic rings. The summed E-state index contributed by atoms with van der Waals surface area (Å²) in [7, 11) is 0. The van der Waals surface area contributed by atoms with Crippen molar-refractivity contribution in [3.8, 4) is 0 Å². The Kier molecular flexibility index (Phi) is 5.10. The molecule has 2 atom stereocenters. The van der Waals surface area contributed by atoms with Crippen molar-refractivity contribution >= 4 is 29.0 Å². The second-order valence-electron chi connectivity index (χ2n) is 7.94. The Hall–Kier alpha value is -1.55. The highest BCUT2D eigenvalue weighted by Gasteiger charge is 2.50. The fourth-order valence-corrected chi connectivity index (χ4v) is 4.55. The van der Waals surface area contributed by atoms with E-state index in [1.54, 1.807) is 6.92 Å². The van der Waals surface area contributed by atoms with Gasteiger partial charge in [-0.25, -0.2) is 0 Å². The van der Waals surface area contributed by atoms with Crippen molar-refractivity contribution in [1.82, 2.24) is 4.90 Å². The number of carbonyl (C=O) groups excluding carboxylic acids is 2. The summed E-state index contributed by atoms with van der Waals surface area (Å²) in [6, 6.07) is 7.85. The number of nitrogens with zero attached hydrogens (tertiary/aromatic N) is 2. The van der Waals surface area contributed by atoms with Crippen LogP contribution in [-0.4, -0.2) is 42.8 Å². The van der Waals surface area contributed by atoms with Crippen LogP contribution in [0.1, 0.15) is 33.6 Å². The predicted octanol–water partition coefficient (Wildman–Crippen LogP) is 3.63. The van der Waals surface area contributed by atoms with E-state index in [-0.39, 0.29) is 23.0 Å². The smallest absolute Gasteiger partial charge is 0.222 e. The second kappa shape index (κ2) is 6.99. The Balaban J connectivity index is 1.53. The third-order valence-electron chi connectivity index (χ3n) is 6.21. The molecule has 1 aliphatic heterocycles. The average Bonchev–Trinajstić information content (AvgIpc) is 2.58. The number of piperazine rings is 1. The summed E-state index contributed by atoms with van der Waals surface area (Å²) in [5, 5.41) is 0.758. The number of hydrogen-bond acceptors (Lipinski definition) is 3. The molecule has 136 valence electrons. The van der Waals surface area contributed by atoms with Crippen LogP contribution in [0.4, 0.5) is 5.69 Å². The Morgan fingerprint density at radius 2 is 1.80 bits per heavy atom. The van der Waals surface area contributed by atoms with E-state index < -0.39 is 0 Å². The van der Waals surface area contributed by atoms with Crippen molar-refractivity contribution in [2.24, 2.45) is 17.3 Å². The summed E-state index contributed by atoms with van der Waals surface area (Å²) in [5.74, 6) is 0.902. The number of rotatable bonds is 4. The van der Waals surface area contributed by atoms with Crippen LogP contribution in [0.25, 0.3) is 0 Å². The molecule has 1 saturated carbocycles. The third-order valence-corrected chi connectivity index (χ3v) is 6.53. The number of amides is 1. The summed E-state index contributed by atoms with van der Waals surface area (Å²) < 4.78 is 0. The molecule has 0 aromatic heterocycles. The SMILES string of the molecule is CC(=O)[C@@H]1C[C@H](CC(=O)N2CCN(c3ccccc3Cl)CC2)C1(C)C. The van der Waals surface area contributed by atoms with Crippen molar-refractivity contribution in [3.63, 3.8) is 0 Å². The minimum Gasteiger partial charge on any atom is -0.367 e. The summed E-state index contributed by atoms with van der Waals surface area (Å²) >= 11 is 6.27. The van der Waals surface area contributed by atoms with Gasteiger partial charge < -0.3 is 9.80 Å². The molecule has 1 amide bonds. The van der Waals surface area contributed by atoms with Gasteiger partial charge in [0, 0.05) is 38.5 Å². The van der Waals surface area contributed by atoms with Crippen molar-refractivity contribution in [2.75, 3.05) is 31.1 Å². The number of hydrogen-bond donors (Lipinski definition) is 0. The van der Waals surface area contributed by atoms with E-state index >= 15 is 0 Å². The largest absolute Gasteiger partial charge is 0.367 e. The molecule has 2 fully saturated rings. The lowest BCUT2D eigenvalue weighted by Crippen LogP contribution is -2.53. The van der Waals surface area contributed by atoms with Crippen LogP contribution in [0.5, 0.6) is 0 Å². The lowest BCUT2D eigenvalue weighted by atomic mass is 9.52. The topological polar surface area (TPSA) is 40.6 Å². The van der Waals surface area contributed by atoms with Gasteiger partial charge >= 0.3 is 0 Å². The Labute approximate surface area is 155 Å².